The Balaban J connectivity index is 1.87. The quantitative estimate of drug-likeness (QED) is 0.372. The highest BCUT2D eigenvalue weighted by molar-refractivity contribution is 7.92. The monoisotopic (exact) mass is 476 g/mol. The van der Waals surface area contributed by atoms with Crippen molar-refractivity contribution in [1.29, 1.82) is 0 Å². The second-order valence-corrected chi connectivity index (χ2v) is 8.88. The molecule has 1 aromatic carbocycles. The summed E-state index contributed by atoms with van der Waals surface area (Å²) in [4.78, 5) is 19.5. The lowest BCUT2D eigenvalue weighted by Crippen LogP contribution is -2.10. The van der Waals surface area contributed by atoms with Crippen LogP contribution < -0.4 is 10.5 Å². The van der Waals surface area contributed by atoms with Gasteiger partial charge in [0.25, 0.3) is 0 Å². The fraction of sp³-hybridized carbons (Fsp3) is 0.0526. The molecule has 0 saturated heterocycles. The number of hydrogen-bond acceptors (Lipinski definition) is 7. The zero-order chi connectivity index (χ0) is 23.2. The topological polar surface area (TPSA) is 153 Å². The van der Waals surface area contributed by atoms with Gasteiger partial charge in [-0.2, -0.15) is 5.10 Å². The summed E-state index contributed by atoms with van der Waals surface area (Å²) in [5, 5.41) is 13.7. The van der Waals surface area contributed by atoms with E-state index in [1.807, 2.05) is 0 Å². The van der Waals surface area contributed by atoms with Crippen molar-refractivity contribution in [2.75, 3.05) is 16.7 Å². The third-order valence-corrected chi connectivity index (χ3v) is 5.30. The number of aromatic nitrogens is 4. The molecule has 3 aromatic heterocycles. The van der Waals surface area contributed by atoms with Gasteiger partial charge in [-0.1, -0.05) is 11.6 Å². The molecule has 0 fully saturated rings. The summed E-state index contributed by atoms with van der Waals surface area (Å²) < 4.78 is 40.6. The second-order valence-electron chi connectivity index (χ2n) is 6.77. The number of imidazole rings is 1. The van der Waals surface area contributed by atoms with Crippen LogP contribution in [0.3, 0.4) is 0 Å². The number of pyridine rings is 1. The van der Waals surface area contributed by atoms with Gasteiger partial charge in [0, 0.05) is 17.3 Å². The molecule has 0 aliphatic rings. The third kappa shape index (κ3) is 4.05. The molecule has 0 spiro atoms. The molecule has 0 aliphatic carbocycles. The average Bonchev–Trinajstić information content (AvgIpc) is 3.04. The number of carbonyl (C=O) groups is 1. The number of carboxylic acids is 1. The summed E-state index contributed by atoms with van der Waals surface area (Å²) in [5.41, 5.74) is 7.31. The van der Waals surface area contributed by atoms with Crippen LogP contribution in [-0.2, 0) is 10.0 Å². The molecule has 4 N–H and O–H groups in total. The van der Waals surface area contributed by atoms with Gasteiger partial charge in [-0.3, -0.25) is 4.72 Å². The van der Waals surface area contributed by atoms with E-state index < -0.39 is 27.4 Å². The zero-order valence-electron chi connectivity index (χ0n) is 16.2. The van der Waals surface area contributed by atoms with Crippen molar-refractivity contribution < 1.29 is 22.7 Å². The van der Waals surface area contributed by atoms with Crippen molar-refractivity contribution in [3.05, 3.63) is 59.1 Å². The Morgan fingerprint density at radius 1 is 1.22 bits per heavy atom. The maximum atomic E-state index is 13.8. The molecule has 0 bridgehead atoms. The number of nitrogen functional groups attached to an aromatic ring is 1. The van der Waals surface area contributed by atoms with E-state index in [2.05, 4.69) is 19.8 Å². The van der Waals surface area contributed by atoms with Gasteiger partial charge in [0.1, 0.15) is 11.5 Å². The average molecular weight is 477 g/mol. The van der Waals surface area contributed by atoms with E-state index in [4.69, 9.17) is 17.3 Å². The van der Waals surface area contributed by atoms with Crippen LogP contribution >= 0.6 is 11.6 Å². The SMILES string of the molecule is CS(=O)(=O)Nc1cc(-c2ccc3nc(N)c(-c4ccc(F)c(C(=O)O)c4)n3n2)cnc1Cl. The Morgan fingerprint density at radius 2 is 1.97 bits per heavy atom. The van der Waals surface area contributed by atoms with E-state index in [0.29, 0.717) is 22.5 Å². The van der Waals surface area contributed by atoms with Crippen LogP contribution in [-0.4, -0.2) is 45.3 Å². The molecule has 164 valence electrons. The standard InChI is InChI=1S/C19H14ClFN6O4S/c1-32(30,31)26-14-7-10(8-23-17(14)20)13-4-5-15-24-18(22)16(27(15)25-13)9-2-3-12(21)11(6-9)19(28)29/h2-8,26H,22H2,1H3,(H,28,29). The molecule has 10 nitrogen and oxygen atoms in total. The summed E-state index contributed by atoms with van der Waals surface area (Å²) in [7, 11) is -3.59. The van der Waals surface area contributed by atoms with E-state index in [0.717, 1.165) is 18.4 Å². The number of nitrogens with zero attached hydrogens (tertiary/aromatic N) is 4. The molecule has 4 rings (SSSR count). The lowest BCUT2D eigenvalue weighted by Gasteiger charge is -2.09. The van der Waals surface area contributed by atoms with Crippen LogP contribution in [0.2, 0.25) is 5.15 Å². The van der Waals surface area contributed by atoms with Crippen LogP contribution in [0.5, 0.6) is 0 Å². The largest absolute Gasteiger partial charge is 0.478 e. The van der Waals surface area contributed by atoms with Gasteiger partial charge in [0.15, 0.2) is 16.6 Å². The minimum atomic E-state index is -3.59. The van der Waals surface area contributed by atoms with Crippen LogP contribution in [0.1, 0.15) is 10.4 Å². The number of benzene rings is 1. The highest BCUT2D eigenvalue weighted by Gasteiger charge is 2.18. The third-order valence-electron chi connectivity index (χ3n) is 4.40. The van der Waals surface area contributed by atoms with Gasteiger partial charge in [0.05, 0.1) is 23.2 Å². The number of sulfonamides is 1. The van der Waals surface area contributed by atoms with Gasteiger partial charge >= 0.3 is 5.97 Å². The first kappa shape index (κ1) is 21.5. The summed E-state index contributed by atoms with van der Waals surface area (Å²) in [6.45, 7) is 0. The molecule has 0 radical (unpaired) electrons. The number of fused-ring (bicyclic) bond motifs is 1. The number of nitrogens with one attached hydrogen (secondary N) is 1. The first-order valence-electron chi connectivity index (χ1n) is 8.85. The maximum absolute atomic E-state index is 13.8. The molecule has 4 aromatic rings. The summed E-state index contributed by atoms with van der Waals surface area (Å²) in [5.74, 6) is -2.25. The predicted octanol–water partition coefficient (Wildman–Crippen LogP) is 2.90. The molecule has 0 aliphatic heterocycles. The molecular weight excluding hydrogens is 463 g/mol. The zero-order valence-corrected chi connectivity index (χ0v) is 17.8. The van der Waals surface area contributed by atoms with E-state index in [-0.39, 0.29) is 22.4 Å². The molecule has 32 heavy (non-hydrogen) atoms. The summed E-state index contributed by atoms with van der Waals surface area (Å²) in [6, 6.07) is 8.23. The number of nitrogens with two attached hydrogens (primary N) is 1. The lowest BCUT2D eigenvalue weighted by molar-refractivity contribution is 0.0692. The Labute approximate surface area is 185 Å². The molecule has 0 unspecified atom stereocenters. The molecule has 0 amide bonds. The van der Waals surface area contributed by atoms with Crippen molar-refractivity contribution >= 4 is 44.7 Å². The van der Waals surface area contributed by atoms with Crippen LogP contribution in [0, 0.1) is 5.82 Å². The van der Waals surface area contributed by atoms with Crippen LogP contribution in [0.25, 0.3) is 28.2 Å². The number of halogens is 2. The number of aromatic carboxylic acids is 1. The molecule has 3 heterocycles. The fourth-order valence-electron chi connectivity index (χ4n) is 3.07. The Morgan fingerprint density at radius 3 is 2.66 bits per heavy atom. The minimum Gasteiger partial charge on any atom is -0.478 e. The van der Waals surface area contributed by atoms with Gasteiger partial charge in [-0.15, -0.1) is 0 Å². The van der Waals surface area contributed by atoms with Crippen molar-refractivity contribution in [3.8, 4) is 22.5 Å². The second kappa shape index (κ2) is 7.73. The number of rotatable bonds is 5. The molecular formula is C19H14ClFN6O4S. The highest BCUT2D eigenvalue weighted by atomic mass is 35.5. The smallest absolute Gasteiger partial charge is 0.338 e. The predicted molar refractivity (Wildman–Crippen MR) is 116 cm³/mol. The lowest BCUT2D eigenvalue weighted by atomic mass is 10.1. The number of carboxylic acid groups (broad SMARTS) is 1. The first-order chi connectivity index (χ1) is 15.0. The van der Waals surface area contributed by atoms with Crippen molar-refractivity contribution in [1.82, 2.24) is 19.6 Å². The minimum absolute atomic E-state index is 0.0414. The first-order valence-corrected chi connectivity index (χ1v) is 11.1. The summed E-state index contributed by atoms with van der Waals surface area (Å²) >= 11 is 5.98. The van der Waals surface area contributed by atoms with E-state index in [1.54, 1.807) is 12.1 Å². The molecule has 0 atom stereocenters. The van der Waals surface area contributed by atoms with Crippen molar-refractivity contribution in [3.63, 3.8) is 0 Å². The number of hydrogen-bond donors (Lipinski definition) is 3. The Bertz CT molecular complexity index is 1510. The van der Waals surface area contributed by atoms with Crippen molar-refractivity contribution in [2.45, 2.75) is 0 Å². The highest BCUT2D eigenvalue weighted by Crippen LogP contribution is 2.30. The van der Waals surface area contributed by atoms with E-state index in [9.17, 15) is 22.7 Å². The molecule has 13 heteroatoms. The van der Waals surface area contributed by atoms with Gasteiger partial charge < -0.3 is 10.8 Å². The Hall–Kier alpha value is -3.77. The van der Waals surface area contributed by atoms with Gasteiger partial charge in [0.2, 0.25) is 10.0 Å². The fourth-order valence-corrected chi connectivity index (χ4v) is 3.83. The van der Waals surface area contributed by atoms with E-state index in [1.165, 1.54) is 22.8 Å². The Kier molecular flexibility index (Phi) is 5.18. The maximum Gasteiger partial charge on any atom is 0.338 e. The summed E-state index contributed by atoms with van der Waals surface area (Å²) in [6.07, 6.45) is 2.39. The van der Waals surface area contributed by atoms with Crippen LogP contribution in [0.4, 0.5) is 15.9 Å². The van der Waals surface area contributed by atoms with Gasteiger partial charge in [-0.25, -0.2) is 32.1 Å². The molecule has 0 saturated carbocycles. The van der Waals surface area contributed by atoms with Crippen molar-refractivity contribution in [2.24, 2.45) is 0 Å². The van der Waals surface area contributed by atoms with Gasteiger partial charge in [-0.05, 0) is 36.4 Å². The number of anilines is 2. The normalized spacial score (nSPS) is 11.6. The van der Waals surface area contributed by atoms with Crippen LogP contribution in [0.15, 0.2) is 42.6 Å². The van der Waals surface area contributed by atoms with E-state index >= 15 is 0 Å².